The van der Waals surface area contributed by atoms with Crippen molar-refractivity contribution in [3.63, 3.8) is 0 Å². The highest BCUT2D eigenvalue weighted by Gasteiger charge is 2.39. The highest BCUT2D eigenvalue weighted by atomic mass is 16.4. The van der Waals surface area contributed by atoms with Crippen LogP contribution in [0.1, 0.15) is 17.2 Å². The van der Waals surface area contributed by atoms with Gasteiger partial charge in [-0.05, 0) is 31.2 Å². The van der Waals surface area contributed by atoms with Gasteiger partial charge in [0, 0.05) is 36.6 Å². The van der Waals surface area contributed by atoms with Gasteiger partial charge in [0.1, 0.15) is 0 Å². The number of aromatic nitrogens is 1. The molecule has 1 aromatic heterocycles. The summed E-state index contributed by atoms with van der Waals surface area (Å²) in [5.74, 6) is -1.23. The lowest BCUT2D eigenvalue weighted by molar-refractivity contribution is -0.141. The second-order valence-corrected chi connectivity index (χ2v) is 5.55. The van der Waals surface area contributed by atoms with Crippen molar-refractivity contribution in [3.05, 3.63) is 59.9 Å². The molecule has 1 fully saturated rings. The minimum absolute atomic E-state index is 0.0648. The number of carboxylic acid groups (broad SMARTS) is 1. The summed E-state index contributed by atoms with van der Waals surface area (Å²) >= 11 is 0. The molecule has 0 unspecified atom stereocenters. The summed E-state index contributed by atoms with van der Waals surface area (Å²) < 4.78 is 0. The number of rotatable bonds is 3. The summed E-state index contributed by atoms with van der Waals surface area (Å²) in [4.78, 5) is 18.0. The van der Waals surface area contributed by atoms with E-state index in [0.29, 0.717) is 13.1 Å². The highest BCUT2D eigenvalue weighted by molar-refractivity contribution is 5.74. The molecule has 0 spiro atoms. The van der Waals surface area contributed by atoms with Gasteiger partial charge in [0.25, 0.3) is 0 Å². The van der Waals surface area contributed by atoms with Crippen molar-refractivity contribution in [2.45, 2.75) is 12.8 Å². The fourth-order valence-electron chi connectivity index (χ4n) is 2.92. The van der Waals surface area contributed by atoms with Crippen molar-refractivity contribution >= 4 is 11.7 Å². The predicted octanol–water partition coefficient (Wildman–Crippen LogP) is 2.69. The number of hydrogen-bond acceptors (Lipinski definition) is 3. The predicted molar refractivity (Wildman–Crippen MR) is 81.5 cm³/mol. The van der Waals surface area contributed by atoms with Crippen molar-refractivity contribution in [1.29, 1.82) is 0 Å². The Labute approximate surface area is 124 Å². The maximum atomic E-state index is 11.6. The largest absolute Gasteiger partial charge is 0.481 e. The van der Waals surface area contributed by atoms with Gasteiger partial charge in [-0.1, -0.05) is 23.8 Å². The molecule has 2 heterocycles. The smallest absolute Gasteiger partial charge is 0.309 e. The van der Waals surface area contributed by atoms with E-state index in [9.17, 15) is 9.90 Å². The van der Waals surface area contributed by atoms with Crippen LogP contribution in [0.2, 0.25) is 0 Å². The zero-order valence-corrected chi connectivity index (χ0v) is 11.9. The Hall–Kier alpha value is -2.36. The summed E-state index contributed by atoms with van der Waals surface area (Å²) in [6.45, 7) is 3.27. The SMILES string of the molecule is Cc1ccc(N2C[C@@H](C(=O)O)[C@H](c3ccccn3)C2)cc1. The minimum Gasteiger partial charge on any atom is -0.481 e. The van der Waals surface area contributed by atoms with Crippen LogP contribution in [0.4, 0.5) is 5.69 Å². The zero-order valence-electron chi connectivity index (χ0n) is 11.9. The Balaban J connectivity index is 1.88. The third-order valence-electron chi connectivity index (χ3n) is 4.10. The lowest BCUT2D eigenvalue weighted by atomic mass is 9.93. The molecule has 0 aliphatic carbocycles. The van der Waals surface area contributed by atoms with Crippen molar-refractivity contribution < 1.29 is 9.90 Å². The Morgan fingerprint density at radius 3 is 2.57 bits per heavy atom. The molecule has 2 atom stereocenters. The van der Waals surface area contributed by atoms with Crippen LogP contribution >= 0.6 is 0 Å². The Kier molecular flexibility index (Phi) is 3.60. The highest BCUT2D eigenvalue weighted by Crippen LogP contribution is 2.34. The first-order valence-electron chi connectivity index (χ1n) is 7.10. The van der Waals surface area contributed by atoms with Crippen LogP contribution in [0.15, 0.2) is 48.7 Å². The van der Waals surface area contributed by atoms with Crippen molar-refractivity contribution in [1.82, 2.24) is 4.98 Å². The van der Waals surface area contributed by atoms with E-state index in [2.05, 4.69) is 34.1 Å². The van der Waals surface area contributed by atoms with E-state index in [1.807, 2.05) is 25.1 Å². The van der Waals surface area contributed by atoms with Crippen LogP contribution in [-0.4, -0.2) is 29.1 Å². The Bertz CT molecular complexity index is 625. The molecule has 0 saturated carbocycles. The van der Waals surface area contributed by atoms with Crippen LogP contribution in [0.3, 0.4) is 0 Å². The molecule has 0 radical (unpaired) electrons. The molecule has 2 aromatic rings. The lowest BCUT2D eigenvalue weighted by Crippen LogP contribution is -2.23. The van der Waals surface area contributed by atoms with Crippen LogP contribution < -0.4 is 4.90 Å². The lowest BCUT2D eigenvalue weighted by Gasteiger charge is -2.18. The van der Waals surface area contributed by atoms with Gasteiger partial charge >= 0.3 is 5.97 Å². The number of nitrogens with zero attached hydrogens (tertiary/aromatic N) is 2. The maximum Gasteiger partial charge on any atom is 0.309 e. The van der Waals surface area contributed by atoms with Gasteiger partial charge in [0.15, 0.2) is 0 Å². The topological polar surface area (TPSA) is 53.4 Å². The first-order valence-corrected chi connectivity index (χ1v) is 7.10. The average molecular weight is 282 g/mol. The zero-order chi connectivity index (χ0) is 14.8. The number of carboxylic acids is 1. The number of hydrogen-bond donors (Lipinski definition) is 1. The second kappa shape index (κ2) is 5.56. The van der Waals surface area contributed by atoms with Gasteiger partial charge in [-0.25, -0.2) is 0 Å². The molecule has 4 heteroatoms. The van der Waals surface area contributed by atoms with Crippen molar-refractivity contribution in [3.8, 4) is 0 Å². The van der Waals surface area contributed by atoms with Crippen LogP contribution in [0, 0.1) is 12.8 Å². The molecule has 1 aromatic carbocycles. The van der Waals surface area contributed by atoms with Gasteiger partial charge in [0.2, 0.25) is 0 Å². The van der Waals surface area contributed by atoms with Crippen molar-refractivity contribution in [2.24, 2.45) is 5.92 Å². The molecule has 3 rings (SSSR count). The van der Waals surface area contributed by atoms with E-state index >= 15 is 0 Å². The van der Waals surface area contributed by atoms with E-state index in [0.717, 1.165) is 11.4 Å². The van der Waals surface area contributed by atoms with E-state index < -0.39 is 11.9 Å². The Morgan fingerprint density at radius 1 is 1.19 bits per heavy atom. The third kappa shape index (κ3) is 2.75. The standard InChI is InChI=1S/C17H18N2O2/c1-12-5-7-13(8-6-12)19-10-14(15(11-19)17(20)21)16-4-2-3-9-18-16/h2-9,14-15H,10-11H2,1H3,(H,20,21)/t14-,15-/m1/s1. The summed E-state index contributed by atoms with van der Waals surface area (Å²) in [7, 11) is 0. The molecule has 1 aliphatic rings. The molecule has 1 N–H and O–H groups in total. The number of aliphatic carboxylic acids is 1. The van der Waals surface area contributed by atoms with E-state index in [4.69, 9.17) is 0 Å². The molecule has 1 saturated heterocycles. The minimum atomic E-state index is -0.750. The summed E-state index contributed by atoms with van der Waals surface area (Å²) in [5.41, 5.74) is 3.14. The van der Waals surface area contributed by atoms with E-state index in [1.165, 1.54) is 5.56 Å². The molecule has 4 nitrogen and oxygen atoms in total. The van der Waals surface area contributed by atoms with Gasteiger partial charge in [-0.3, -0.25) is 9.78 Å². The van der Waals surface area contributed by atoms with Crippen LogP contribution in [-0.2, 0) is 4.79 Å². The number of anilines is 1. The van der Waals surface area contributed by atoms with Crippen LogP contribution in [0.5, 0.6) is 0 Å². The molecule has 0 amide bonds. The number of benzene rings is 1. The summed E-state index contributed by atoms with van der Waals surface area (Å²) in [5, 5.41) is 9.50. The first kappa shape index (κ1) is 13.6. The molecule has 21 heavy (non-hydrogen) atoms. The van der Waals surface area contributed by atoms with Gasteiger partial charge in [-0.15, -0.1) is 0 Å². The van der Waals surface area contributed by atoms with E-state index in [1.54, 1.807) is 6.20 Å². The van der Waals surface area contributed by atoms with Crippen molar-refractivity contribution in [2.75, 3.05) is 18.0 Å². The summed E-state index contributed by atoms with van der Waals surface area (Å²) in [6, 6.07) is 13.9. The summed E-state index contributed by atoms with van der Waals surface area (Å²) in [6.07, 6.45) is 1.72. The fraction of sp³-hybridized carbons (Fsp3) is 0.294. The molecule has 108 valence electrons. The van der Waals surface area contributed by atoms with Gasteiger partial charge in [0.05, 0.1) is 5.92 Å². The molecule has 1 aliphatic heterocycles. The average Bonchev–Trinajstić information content (AvgIpc) is 2.94. The molecular weight excluding hydrogens is 264 g/mol. The first-order chi connectivity index (χ1) is 10.1. The molecule has 0 bridgehead atoms. The van der Waals surface area contributed by atoms with Gasteiger partial charge < -0.3 is 10.0 Å². The monoisotopic (exact) mass is 282 g/mol. The Morgan fingerprint density at radius 2 is 1.95 bits per heavy atom. The normalized spacial score (nSPS) is 21.5. The van der Waals surface area contributed by atoms with Gasteiger partial charge in [-0.2, -0.15) is 0 Å². The quantitative estimate of drug-likeness (QED) is 0.940. The van der Waals surface area contributed by atoms with E-state index in [-0.39, 0.29) is 5.92 Å². The third-order valence-corrected chi connectivity index (χ3v) is 4.10. The number of carbonyl (C=O) groups is 1. The second-order valence-electron chi connectivity index (χ2n) is 5.55. The number of aryl methyl sites for hydroxylation is 1. The fourth-order valence-corrected chi connectivity index (χ4v) is 2.92. The number of pyridine rings is 1. The molecular formula is C17H18N2O2. The maximum absolute atomic E-state index is 11.6. The van der Waals surface area contributed by atoms with Crippen LogP contribution in [0.25, 0.3) is 0 Å².